The summed E-state index contributed by atoms with van der Waals surface area (Å²) in [4.78, 5) is 43.1. The van der Waals surface area contributed by atoms with E-state index >= 15 is 0 Å². The van der Waals surface area contributed by atoms with Gasteiger partial charge < -0.3 is 9.80 Å². The second kappa shape index (κ2) is 14.4. The van der Waals surface area contributed by atoms with Crippen molar-refractivity contribution in [2.45, 2.75) is 38.1 Å². The maximum atomic E-state index is 14.5. The molecule has 0 radical (unpaired) electrons. The Balaban J connectivity index is 1.34. The van der Waals surface area contributed by atoms with Gasteiger partial charge in [0.15, 0.2) is 0 Å². The summed E-state index contributed by atoms with van der Waals surface area (Å²) in [6.45, 7) is 1.06. The number of alkyl halides is 3. The summed E-state index contributed by atoms with van der Waals surface area (Å²) in [6.07, 6.45) is 2.66. The first-order chi connectivity index (χ1) is 23.2. The minimum absolute atomic E-state index is 0.114. The van der Waals surface area contributed by atoms with Gasteiger partial charge in [0.2, 0.25) is 17.6 Å². The zero-order valence-electron chi connectivity index (χ0n) is 25.9. The van der Waals surface area contributed by atoms with Crippen molar-refractivity contribution in [3.8, 4) is 11.3 Å². The van der Waals surface area contributed by atoms with Crippen LogP contribution in [0.1, 0.15) is 33.6 Å². The number of carbonyl (C=O) groups excluding carboxylic acids is 2. The van der Waals surface area contributed by atoms with E-state index in [1.54, 1.807) is 11.1 Å². The van der Waals surface area contributed by atoms with Crippen LogP contribution in [0.4, 0.5) is 13.2 Å². The number of hydrogen-bond donors (Lipinski definition) is 0. The maximum absolute atomic E-state index is 14.5. The van der Waals surface area contributed by atoms with E-state index in [1.807, 2.05) is 91.0 Å². The molecule has 0 saturated heterocycles. The van der Waals surface area contributed by atoms with E-state index < -0.39 is 23.9 Å². The summed E-state index contributed by atoms with van der Waals surface area (Å²) in [5, 5.41) is 0. The quantitative estimate of drug-likeness (QED) is 0.165. The van der Waals surface area contributed by atoms with Crippen molar-refractivity contribution < 1.29 is 22.8 Å². The lowest BCUT2D eigenvalue weighted by atomic mass is 9.97. The maximum Gasteiger partial charge on any atom is 0.451 e. The average molecular weight is 648 g/mol. The van der Waals surface area contributed by atoms with Crippen molar-refractivity contribution in [3.63, 3.8) is 0 Å². The molecule has 242 valence electrons. The molecule has 3 heterocycles. The van der Waals surface area contributed by atoms with Crippen LogP contribution in [-0.4, -0.2) is 49.2 Å². The van der Waals surface area contributed by atoms with Crippen LogP contribution in [0, 0.1) is 0 Å². The van der Waals surface area contributed by atoms with Crippen LogP contribution in [0.3, 0.4) is 0 Å². The molecule has 0 N–H and O–H groups in total. The predicted molar refractivity (Wildman–Crippen MR) is 176 cm³/mol. The number of aromatic nitrogens is 3. The number of halogens is 3. The first kappa shape index (κ1) is 32.3. The Morgan fingerprint density at radius 2 is 1.50 bits per heavy atom. The topological polar surface area (TPSA) is 79.3 Å². The van der Waals surface area contributed by atoms with Gasteiger partial charge in [0, 0.05) is 61.8 Å². The number of amides is 2. The van der Waals surface area contributed by atoms with Gasteiger partial charge in [-0.2, -0.15) is 13.2 Å². The van der Waals surface area contributed by atoms with Crippen molar-refractivity contribution in [1.82, 2.24) is 24.8 Å². The molecule has 0 aliphatic carbocycles. The van der Waals surface area contributed by atoms with Gasteiger partial charge in [-0.1, -0.05) is 84.9 Å². The fraction of sp³-hybridized carbons (Fsp3) is 0.184. The molecule has 6 rings (SSSR count). The molecule has 0 bridgehead atoms. The van der Waals surface area contributed by atoms with Crippen molar-refractivity contribution in [2.75, 3.05) is 6.54 Å². The number of hydrogen-bond acceptors (Lipinski definition) is 5. The Morgan fingerprint density at radius 1 is 0.812 bits per heavy atom. The SMILES string of the molecule is O=C([C@H](Cc1ccccc1)N(Cc1ccc(-c2ccccn2)cc1)C(=O)C=Cc1cnc(C(F)(F)F)nc1)N1CCc2ccccc2C1. The zero-order chi connectivity index (χ0) is 33.5. The van der Waals surface area contributed by atoms with Gasteiger partial charge in [0.25, 0.3) is 0 Å². The lowest BCUT2D eigenvalue weighted by molar-refractivity contribution is -0.145. The van der Waals surface area contributed by atoms with Gasteiger partial charge in [-0.3, -0.25) is 14.6 Å². The Kier molecular flexibility index (Phi) is 9.70. The molecule has 1 aliphatic heterocycles. The molecule has 10 heteroatoms. The Hall–Kier alpha value is -5.64. The number of benzene rings is 3. The van der Waals surface area contributed by atoms with Crippen LogP contribution < -0.4 is 0 Å². The van der Waals surface area contributed by atoms with Crippen molar-refractivity contribution in [3.05, 3.63) is 155 Å². The first-order valence-electron chi connectivity index (χ1n) is 15.5. The third-order valence-electron chi connectivity index (χ3n) is 8.27. The van der Waals surface area contributed by atoms with Crippen LogP contribution in [0.15, 0.2) is 122 Å². The van der Waals surface area contributed by atoms with Gasteiger partial charge in [0.05, 0.1) is 5.69 Å². The Labute approximate surface area is 276 Å². The smallest absolute Gasteiger partial charge is 0.336 e. The molecular formula is C38H32F3N5O2. The normalized spacial score (nSPS) is 13.6. The van der Waals surface area contributed by atoms with Crippen LogP contribution in [0.5, 0.6) is 0 Å². The molecule has 5 aromatic rings. The predicted octanol–water partition coefficient (Wildman–Crippen LogP) is 6.80. The monoisotopic (exact) mass is 647 g/mol. The van der Waals surface area contributed by atoms with E-state index in [0.29, 0.717) is 19.5 Å². The zero-order valence-corrected chi connectivity index (χ0v) is 25.9. The fourth-order valence-corrected chi connectivity index (χ4v) is 5.75. The lowest BCUT2D eigenvalue weighted by Crippen LogP contribution is -2.52. The van der Waals surface area contributed by atoms with Crippen LogP contribution >= 0.6 is 0 Å². The highest BCUT2D eigenvalue weighted by atomic mass is 19.4. The number of pyridine rings is 1. The average Bonchev–Trinajstić information content (AvgIpc) is 3.12. The fourth-order valence-electron chi connectivity index (χ4n) is 5.75. The molecule has 2 amide bonds. The van der Waals surface area contributed by atoms with E-state index in [0.717, 1.165) is 40.3 Å². The Morgan fingerprint density at radius 3 is 2.19 bits per heavy atom. The second-order valence-electron chi connectivity index (χ2n) is 11.5. The summed E-state index contributed by atoms with van der Waals surface area (Å²) in [6, 6.07) is 30.0. The second-order valence-corrected chi connectivity index (χ2v) is 11.5. The molecule has 0 saturated carbocycles. The largest absolute Gasteiger partial charge is 0.451 e. The molecule has 1 aliphatic rings. The molecule has 7 nitrogen and oxygen atoms in total. The highest BCUT2D eigenvalue weighted by Gasteiger charge is 2.35. The molecule has 0 spiro atoms. The number of rotatable bonds is 9. The molecule has 48 heavy (non-hydrogen) atoms. The minimum Gasteiger partial charge on any atom is -0.336 e. The molecule has 3 aromatic carbocycles. The highest BCUT2D eigenvalue weighted by molar-refractivity contribution is 5.95. The van der Waals surface area contributed by atoms with E-state index in [9.17, 15) is 22.8 Å². The van der Waals surface area contributed by atoms with Gasteiger partial charge in [-0.05, 0) is 46.9 Å². The van der Waals surface area contributed by atoms with Gasteiger partial charge in [-0.25, -0.2) is 9.97 Å². The number of nitrogens with zero attached hydrogens (tertiary/aromatic N) is 5. The minimum atomic E-state index is -4.68. The summed E-state index contributed by atoms with van der Waals surface area (Å²) in [5.74, 6) is -1.92. The summed E-state index contributed by atoms with van der Waals surface area (Å²) in [7, 11) is 0. The summed E-state index contributed by atoms with van der Waals surface area (Å²) in [5.41, 5.74) is 5.88. The number of fused-ring (bicyclic) bond motifs is 1. The van der Waals surface area contributed by atoms with Gasteiger partial charge in [0.1, 0.15) is 6.04 Å². The standard InChI is InChI=1S/C38H32F3N5O2/c39-38(40,41)37-43-23-29(24-44-37)15-18-35(47)46(25-28-13-16-31(17-14-28)33-12-6-7-20-42-33)34(22-27-8-2-1-3-9-27)36(48)45-21-19-30-10-4-5-11-32(30)26-45/h1-18,20,23-24,34H,19,21-22,25-26H2/t34-/m0/s1. The first-order valence-corrected chi connectivity index (χ1v) is 15.5. The Bertz CT molecular complexity index is 1880. The van der Waals surface area contributed by atoms with E-state index in [2.05, 4.69) is 21.0 Å². The van der Waals surface area contributed by atoms with Gasteiger partial charge >= 0.3 is 6.18 Å². The highest BCUT2D eigenvalue weighted by Crippen LogP contribution is 2.26. The molecule has 1 atom stereocenters. The molecule has 2 aromatic heterocycles. The van der Waals surface area contributed by atoms with Gasteiger partial charge in [-0.15, -0.1) is 0 Å². The summed E-state index contributed by atoms with van der Waals surface area (Å²) < 4.78 is 39.0. The molecular weight excluding hydrogens is 615 g/mol. The lowest BCUT2D eigenvalue weighted by Gasteiger charge is -2.37. The van der Waals surface area contributed by atoms with Crippen LogP contribution in [-0.2, 0) is 41.7 Å². The van der Waals surface area contributed by atoms with E-state index in [1.165, 1.54) is 22.6 Å². The molecule has 0 unspecified atom stereocenters. The third-order valence-corrected chi connectivity index (χ3v) is 8.27. The van der Waals surface area contributed by atoms with Crippen molar-refractivity contribution in [1.29, 1.82) is 0 Å². The van der Waals surface area contributed by atoms with E-state index in [-0.39, 0.29) is 24.4 Å². The van der Waals surface area contributed by atoms with Crippen molar-refractivity contribution >= 4 is 17.9 Å². The van der Waals surface area contributed by atoms with Crippen molar-refractivity contribution in [2.24, 2.45) is 0 Å². The van der Waals surface area contributed by atoms with Crippen LogP contribution in [0.2, 0.25) is 0 Å². The van der Waals surface area contributed by atoms with E-state index in [4.69, 9.17) is 0 Å². The third kappa shape index (κ3) is 7.83. The molecule has 0 fully saturated rings. The summed E-state index contributed by atoms with van der Waals surface area (Å²) >= 11 is 0. The van der Waals surface area contributed by atoms with Crippen LogP contribution in [0.25, 0.3) is 17.3 Å². The number of carbonyl (C=O) groups is 2.